The third kappa shape index (κ3) is 5.33. The third-order valence-electron chi connectivity index (χ3n) is 10.0. The summed E-state index contributed by atoms with van der Waals surface area (Å²) >= 11 is 0. The van der Waals surface area contributed by atoms with E-state index >= 15 is 0 Å². The maximum absolute atomic E-state index is 13.8. The number of benzene rings is 1. The first-order valence-electron chi connectivity index (χ1n) is 14.8. The van der Waals surface area contributed by atoms with Crippen LogP contribution in [0, 0.1) is 11.3 Å². The largest absolute Gasteiger partial charge is 0.452 e. The molecule has 40 heavy (non-hydrogen) atoms. The Bertz CT molecular complexity index is 1150. The number of fused-ring (bicyclic) bond motifs is 3. The van der Waals surface area contributed by atoms with Gasteiger partial charge in [-0.15, -0.1) is 0 Å². The van der Waals surface area contributed by atoms with E-state index in [2.05, 4.69) is 54.6 Å². The average molecular weight is 589 g/mol. The molecule has 0 radical (unpaired) electrons. The summed E-state index contributed by atoms with van der Waals surface area (Å²) in [5, 5.41) is 13.1. The van der Waals surface area contributed by atoms with Gasteiger partial charge in [0.1, 0.15) is 0 Å². The minimum absolute atomic E-state index is 0.0683. The van der Waals surface area contributed by atoms with Gasteiger partial charge in [-0.3, -0.25) is 0 Å². The molecule has 1 heterocycles. The van der Waals surface area contributed by atoms with Crippen molar-refractivity contribution in [3.8, 4) is 0 Å². The summed E-state index contributed by atoms with van der Waals surface area (Å²) in [7, 11) is -4.37. The Hall–Kier alpha value is -1.30. The predicted molar refractivity (Wildman–Crippen MR) is 164 cm³/mol. The molecule has 1 unspecified atom stereocenters. The summed E-state index contributed by atoms with van der Waals surface area (Å²) in [5.41, 5.74) is -0.399. The van der Waals surface area contributed by atoms with E-state index in [1.165, 1.54) is 0 Å². The molecule has 4 rings (SSSR count). The second-order valence-electron chi connectivity index (χ2n) is 15.6. The minimum atomic E-state index is -2.30. The monoisotopic (exact) mass is 588 g/mol. The number of hydrogen-bond acceptors (Lipinski definition) is 6. The number of carbonyl (C=O) groups excluding carboxylic acids is 1. The highest BCUT2D eigenvalue weighted by molar-refractivity contribution is 6.74. The van der Waals surface area contributed by atoms with Crippen molar-refractivity contribution in [1.29, 1.82) is 0 Å². The van der Waals surface area contributed by atoms with Gasteiger partial charge >= 0.3 is 5.97 Å². The first-order valence-corrected chi connectivity index (χ1v) is 21.1. The van der Waals surface area contributed by atoms with E-state index in [0.717, 1.165) is 23.1 Å². The highest BCUT2D eigenvalue weighted by atomic mass is 28.4. The summed E-state index contributed by atoms with van der Waals surface area (Å²) in [6.45, 7) is 26.1. The maximum atomic E-state index is 13.8. The fraction of sp³-hybridized carbons (Fsp3) is 0.719. The van der Waals surface area contributed by atoms with Gasteiger partial charge in [0.05, 0.1) is 18.8 Å². The molecule has 6 atom stereocenters. The van der Waals surface area contributed by atoms with Crippen molar-refractivity contribution in [2.24, 2.45) is 11.3 Å². The van der Waals surface area contributed by atoms with Gasteiger partial charge in [-0.2, -0.15) is 0 Å². The van der Waals surface area contributed by atoms with Gasteiger partial charge in [-0.25, -0.2) is 4.79 Å². The van der Waals surface area contributed by atoms with Gasteiger partial charge in [0.25, 0.3) is 0 Å². The quantitative estimate of drug-likeness (QED) is 0.210. The molecule has 0 aromatic heterocycles. The minimum Gasteiger partial charge on any atom is -0.452 e. The molecule has 1 aliphatic heterocycles. The Balaban J connectivity index is 1.84. The number of hydrogen-bond donors (Lipinski definition) is 1. The van der Waals surface area contributed by atoms with E-state index in [-0.39, 0.29) is 22.5 Å². The second kappa shape index (κ2) is 10.2. The van der Waals surface area contributed by atoms with Crippen molar-refractivity contribution in [2.75, 3.05) is 0 Å². The van der Waals surface area contributed by atoms with Crippen LogP contribution in [0.25, 0.3) is 0 Å². The maximum Gasteiger partial charge on any atom is 0.341 e. The van der Waals surface area contributed by atoms with Crippen molar-refractivity contribution in [3.63, 3.8) is 0 Å². The summed E-state index contributed by atoms with van der Waals surface area (Å²) < 4.78 is 26.4. The summed E-state index contributed by atoms with van der Waals surface area (Å²) in [6, 6.07) is 9.97. The molecule has 0 spiro atoms. The normalized spacial score (nSPS) is 34.4. The van der Waals surface area contributed by atoms with Crippen LogP contribution in [-0.4, -0.2) is 57.2 Å². The summed E-state index contributed by atoms with van der Waals surface area (Å²) in [6.07, 6.45) is -0.243. The number of esters is 1. The molecule has 0 bridgehead atoms. The Morgan fingerprint density at radius 1 is 1.05 bits per heavy atom. The van der Waals surface area contributed by atoms with Crippen LogP contribution >= 0.6 is 0 Å². The van der Waals surface area contributed by atoms with Crippen molar-refractivity contribution in [2.45, 2.75) is 135 Å². The van der Waals surface area contributed by atoms with Crippen LogP contribution in [0.4, 0.5) is 0 Å². The fourth-order valence-electron chi connectivity index (χ4n) is 6.75. The topological polar surface area (TPSA) is 74.2 Å². The molecule has 224 valence electrons. The van der Waals surface area contributed by atoms with E-state index in [0.29, 0.717) is 13.0 Å². The molecule has 3 aliphatic rings. The van der Waals surface area contributed by atoms with Crippen LogP contribution < -0.4 is 0 Å². The first kappa shape index (κ1) is 31.6. The number of carbonyl (C=O) groups is 1. The molecule has 8 heteroatoms. The van der Waals surface area contributed by atoms with Gasteiger partial charge in [-0.05, 0) is 92.5 Å². The van der Waals surface area contributed by atoms with Crippen LogP contribution in [0.2, 0.25) is 37.8 Å². The zero-order valence-corrected chi connectivity index (χ0v) is 28.8. The fourth-order valence-corrected chi connectivity index (χ4v) is 9.55. The van der Waals surface area contributed by atoms with E-state index in [1.54, 1.807) is 6.92 Å². The smallest absolute Gasteiger partial charge is 0.341 e. The standard InChI is InChI=1S/C32H52O6Si2/c1-21-24(37-40(11,12)29(2,3)4)18-23-26(21)27-32(34,31(7,28(33)36-27)38-39(8,9)10)25(19-30(23,5)6)35-20-22-16-14-13-15-17-22/h13-17,23-25,27,34H,18-20H2,1-12H3/t23-,24?,25-,27+,31+,32-/m0/s1. The van der Waals surface area contributed by atoms with Crippen LogP contribution in [-0.2, 0) is 29.7 Å². The van der Waals surface area contributed by atoms with E-state index < -0.39 is 46.0 Å². The highest BCUT2D eigenvalue weighted by Gasteiger charge is 2.74. The van der Waals surface area contributed by atoms with Gasteiger partial charge in [0.15, 0.2) is 33.9 Å². The number of ether oxygens (including phenoxy) is 2. The van der Waals surface area contributed by atoms with E-state index in [9.17, 15) is 9.90 Å². The van der Waals surface area contributed by atoms with E-state index in [4.69, 9.17) is 18.3 Å². The van der Waals surface area contributed by atoms with Crippen molar-refractivity contribution >= 4 is 22.6 Å². The Morgan fingerprint density at radius 2 is 1.65 bits per heavy atom. The molecule has 1 N–H and O–H groups in total. The Morgan fingerprint density at radius 3 is 2.20 bits per heavy atom. The molecule has 2 aliphatic carbocycles. The number of aliphatic hydroxyl groups is 1. The average Bonchev–Trinajstić information content (AvgIpc) is 3.20. The van der Waals surface area contributed by atoms with Crippen molar-refractivity contribution < 1.29 is 28.2 Å². The number of rotatable bonds is 7. The van der Waals surface area contributed by atoms with Crippen LogP contribution in [0.3, 0.4) is 0 Å². The molecule has 1 saturated heterocycles. The summed E-state index contributed by atoms with van der Waals surface area (Å²) in [4.78, 5) is 13.8. The second-order valence-corrected chi connectivity index (χ2v) is 24.8. The Kier molecular flexibility index (Phi) is 8.04. The van der Waals surface area contributed by atoms with Crippen LogP contribution in [0.15, 0.2) is 41.5 Å². The molecule has 1 saturated carbocycles. The third-order valence-corrected chi connectivity index (χ3v) is 15.5. The Labute approximate surface area is 244 Å². The van der Waals surface area contributed by atoms with Crippen molar-refractivity contribution in [3.05, 3.63) is 47.0 Å². The lowest BCUT2D eigenvalue weighted by Crippen LogP contribution is -2.67. The zero-order valence-electron chi connectivity index (χ0n) is 26.8. The lowest BCUT2D eigenvalue weighted by molar-refractivity contribution is -0.198. The van der Waals surface area contributed by atoms with Gasteiger partial charge in [0.2, 0.25) is 0 Å². The molecular weight excluding hydrogens is 537 g/mol. The first-order chi connectivity index (χ1) is 18.1. The van der Waals surface area contributed by atoms with Gasteiger partial charge in [-0.1, -0.05) is 65.0 Å². The lowest BCUT2D eigenvalue weighted by atomic mass is 9.72. The highest BCUT2D eigenvalue weighted by Crippen LogP contribution is 2.60. The summed E-state index contributed by atoms with van der Waals surface area (Å²) in [5.74, 6) is -0.436. The molecule has 1 aromatic carbocycles. The molecule has 6 nitrogen and oxygen atoms in total. The van der Waals surface area contributed by atoms with Gasteiger partial charge in [0, 0.05) is 0 Å². The lowest BCUT2D eigenvalue weighted by Gasteiger charge is -2.45. The van der Waals surface area contributed by atoms with Crippen LogP contribution in [0.1, 0.15) is 66.9 Å². The van der Waals surface area contributed by atoms with Gasteiger partial charge < -0.3 is 23.4 Å². The molecule has 0 amide bonds. The SMILES string of the molecule is CC1=C2[C@H]3OC(=O)[C@@](C)(O[Si](C)(C)C)[C@]3(O)[C@@H](OCc3ccccc3)CC(C)(C)[C@H]2CC1O[Si](C)(C)C(C)(C)C. The van der Waals surface area contributed by atoms with E-state index in [1.807, 2.05) is 50.0 Å². The zero-order chi connectivity index (χ0) is 30.1. The predicted octanol–water partition coefficient (Wildman–Crippen LogP) is 7.00. The molecule has 1 aromatic rings. The molecule has 2 fully saturated rings. The molecular formula is C32H52O6Si2. The van der Waals surface area contributed by atoms with Crippen molar-refractivity contribution in [1.82, 2.24) is 0 Å². The van der Waals surface area contributed by atoms with Crippen LogP contribution in [0.5, 0.6) is 0 Å².